The third kappa shape index (κ3) is 4.93. The number of ether oxygens (including phenoxy) is 4. The van der Waals surface area contributed by atoms with E-state index in [9.17, 15) is 4.79 Å². The van der Waals surface area contributed by atoms with Crippen molar-refractivity contribution >= 4 is 23.2 Å². The van der Waals surface area contributed by atoms with E-state index in [2.05, 4.69) is 5.32 Å². The van der Waals surface area contributed by atoms with Crippen molar-refractivity contribution in [2.75, 3.05) is 33.3 Å². The Hall–Kier alpha value is -2.60. The van der Waals surface area contributed by atoms with Gasteiger partial charge in [0.1, 0.15) is 23.0 Å². The molecule has 0 saturated carbocycles. The zero-order valence-corrected chi connectivity index (χ0v) is 15.3. The van der Waals surface area contributed by atoms with Gasteiger partial charge in [-0.15, -0.1) is 0 Å². The summed E-state index contributed by atoms with van der Waals surface area (Å²) >= 11 is 6.06. The van der Waals surface area contributed by atoms with E-state index in [1.54, 1.807) is 44.6 Å². The fourth-order valence-electron chi connectivity index (χ4n) is 2.13. The number of hydrogen-bond donors (Lipinski definition) is 1. The van der Waals surface area contributed by atoms with E-state index in [4.69, 9.17) is 30.5 Å². The van der Waals surface area contributed by atoms with Crippen LogP contribution in [0.1, 0.15) is 5.56 Å². The van der Waals surface area contributed by atoms with Gasteiger partial charge in [-0.2, -0.15) is 0 Å². The van der Waals surface area contributed by atoms with Crippen LogP contribution in [0.4, 0.5) is 5.69 Å². The van der Waals surface area contributed by atoms with Gasteiger partial charge in [-0.05, 0) is 18.6 Å². The molecule has 134 valence electrons. The number of halogens is 1. The van der Waals surface area contributed by atoms with Crippen molar-refractivity contribution < 1.29 is 23.7 Å². The minimum atomic E-state index is -0.332. The Bertz CT molecular complexity index is 741. The summed E-state index contributed by atoms with van der Waals surface area (Å²) in [6, 6.07) is 8.45. The summed E-state index contributed by atoms with van der Waals surface area (Å²) in [5.74, 6) is 1.76. The molecule has 25 heavy (non-hydrogen) atoms. The molecule has 0 fully saturated rings. The number of methoxy groups -OCH3 is 3. The second kappa shape index (κ2) is 8.48. The molecule has 7 heteroatoms. The second-order valence-corrected chi connectivity index (χ2v) is 5.59. The molecule has 0 unspecified atom stereocenters. The van der Waals surface area contributed by atoms with Crippen molar-refractivity contribution in [2.45, 2.75) is 6.92 Å². The number of carbonyl (C=O) groups is 1. The lowest BCUT2D eigenvalue weighted by atomic mass is 10.2. The first kappa shape index (κ1) is 18.7. The van der Waals surface area contributed by atoms with E-state index >= 15 is 0 Å². The van der Waals surface area contributed by atoms with Crippen molar-refractivity contribution in [1.82, 2.24) is 0 Å². The predicted octanol–water partition coefficient (Wildman–Crippen LogP) is 3.69. The Morgan fingerprint density at radius 3 is 2.12 bits per heavy atom. The molecule has 1 N–H and O–H groups in total. The van der Waals surface area contributed by atoms with Gasteiger partial charge < -0.3 is 24.3 Å². The number of aryl methyl sites for hydroxylation is 1. The first-order valence-electron chi connectivity index (χ1n) is 7.46. The largest absolute Gasteiger partial charge is 0.496 e. The van der Waals surface area contributed by atoms with Crippen molar-refractivity contribution in [2.24, 2.45) is 0 Å². The van der Waals surface area contributed by atoms with E-state index in [0.717, 1.165) is 5.56 Å². The van der Waals surface area contributed by atoms with Crippen molar-refractivity contribution in [1.29, 1.82) is 0 Å². The first-order valence-corrected chi connectivity index (χ1v) is 7.84. The van der Waals surface area contributed by atoms with E-state index in [-0.39, 0.29) is 12.5 Å². The molecule has 0 atom stereocenters. The molecule has 2 rings (SSSR count). The van der Waals surface area contributed by atoms with Crippen LogP contribution < -0.4 is 24.3 Å². The standard InChI is InChI=1S/C18H20ClNO5/c1-11-5-16(17(24-4)9-15(11)19)20-18(21)10-25-14-7-12(22-2)6-13(8-14)23-3/h5-9H,10H2,1-4H3,(H,20,21). The lowest BCUT2D eigenvalue weighted by Gasteiger charge is -2.13. The first-order chi connectivity index (χ1) is 12.0. The summed E-state index contributed by atoms with van der Waals surface area (Å²) < 4.78 is 21.1. The van der Waals surface area contributed by atoms with Crippen molar-refractivity contribution in [3.63, 3.8) is 0 Å². The molecule has 0 aliphatic heterocycles. The zero-order valence-electron chi connectivity index (χ0n) is 14.5. The normalized spacial score (nSPS) is 10.1. The smallest absolute Gasteiger partial charge is 0.262 e. The fraction of sp³-hybridized carbons (Fsp3) is 0.278. The van der Waals surface area contributed by atoms with E-state index in [0.29, 0.717) is 33.7 Å². The molecule has 2 aromatic carbocycles. The van der Waals surface area contributed by atoms with Gasteiger partial charge in [0, 0.05) is 29.3 Å². The monoisotopic (exact) mass is 365 g/mol. The Kier molecular flexibility index (Phi) is 6.36. The van der Waals surface area contributed by atoms with Crippen molar-refractivity contribution in [3.05, 3.63) is 40.9 Å². The van der Waals surface area contributed by atoms with Gasteiger partial charge >= 0.3 is 0 Å². The third-order valence-corrected chi connectivity index (χ3v) is 3.86. The van der Waals surface area contributed by atoms with Gasteiger partial charge in [0.15, 0.2) is 6.61 Å². The summed E-state index contributed by atoms with van der Waals surface area (Å²) in [6.07, 6.45) is 0. The summed E-state index contributed by atoms with van der Waals surface area (Å²) in [5, 5.41) is 3.31. The zero-order chi connectivity index (χ0) is 18.4. The highest BCUT2D eigenvalue weighted by atomic mass is 35.5. The number of benzene rings is 2. The Labute approximate surface area is 151 Å². The van der Waals surface area contributed by atoms with Gasteiger partial charge in [0.2, 0.25) is 0 Å². The van der Waals surface area contributed by atoms with Crippen LogP contribution in [0.3, 0.4) is 0 Å². The number of rotatable bonds is 7. The van der Waals surface area contributed by atoms with Crippen LogP contribution in [0.25, 0.3) is 0 Å². The average Bonchev–Trinajstić information content (AvgIpc) is 2.62. The summed E-state index contributed by atoms with van der Waals surface area (Å²) in [7, 11) is 4.59. The molecule has 0 aliphatic carbocycles. The summed E-state index contributed by atoms with van der Waals surface area (Å²) in [5.41, 5.74) is 1.36. The minimum Gasteiger partial charge on any atom is -0.496 e. The molecule has 0 spiro atoms. The van der Waals surface area contributed by atoms with Crippen LogP contribution in [0.5, 0.6) is 23.0 Å². The second-order valence-electron chi connectivity index (χ2n) is 5.19. The van der Waals surface area contributed by atoms with Crippen LogP contribution in [0.15, 0.2) is 30.3 Å². The quantitative estimate of drug-likeness (QED) is 0.810. The number of hydrogen-bond acceptors (Lipinski definition) is 5. The van der Waals surface area contributed by atoms with E-state index in [1.807, 2.05) is 6.92 Å². The van der Waals surface area contributed by atoms with Crippen LogP contribution in [-0.2, 0) is 4.79 Å². The van der Waals surface area contributed by atoms with Gasteiger partial charge in [-0.1, -0.05) is 11.6 Å². The van der Waals surface area contributed by atoms with Gasteiger partial charge in [0.05, 0.1) is 27.0 Å². The highest BCUT2D eigenvalue weighted by Crippen LogP contribution is 2.31. The Balaban J connectivity index is 2.05. The van der Waals surface area contributed by atoms with Crippen molar-refractivity contribution in [3.8, 4) is 23.0 Å². The number of anilines is 1. The molecule has 0 aliphatic rings. The average molecular weight is 366 g/mol. The molecule has 1 amide bonds. The Morgan fingerprint density at radius 1 is 0.960 bits per heavy atom. The third-order valence-electron chi connectivity index (χ3n) is 3.45. The highest BCUT2D eigenvalue weighted by molar-refractivity contribution is 6.31. The Morgan fingerprint density at radius 2 is 1.56 bits per heavy atom. The van der Waals surface area contributed by atoms with Gasteiger partial charge in [-0.25, -0.2) is 0 Å². The number of amides is 1. The number of nitrogens with one attached hydrogen (secondary N) is 1. The maximum atomic E-state index is 12.2. The van der Waals surface area contributed by atoms with E-state index < -0.39 is 0 Å². The highest BCUT2D eigenvalue weighted by Gasteiger charge is 2.11. The molecular weight excluding hydrogens is 346 g/mol. The molecule has 2 aromatic rings. The molecule has 0 bridgehead atoms. The molecule has 0 radical (unpaired) electrons. The topological polar surface area (TPSA) is 66.0 Å². The van der Waals surface area contributed by atoms with Crippen LogP contribution >= 0.6 is 11.6 Å². The van der Waals surface area contributed by atoms with Gasteiger partial charge in [0.25, 0.3) is 5.91 Å². The number of carbonyl (C=O) groups excluding carboxylic acids is 1. The van der Waals surface area contributed by atoms with Crippen LogP contribution in [0.2, 0.25) is 5.02 Å². The van der Waals surface area contributed by atoms with Gasteiger partial charge in [-0.3, -0.25) is 4.79 Å². The maximum Gasteiger partial charge on any atom is 0.262 e. The minimum absolute atomic E-state index is 0.179. The summed E-state index contributed by atoms with van der Waals surface area (Å²) in [4.78, 5) is 12.2. The molecule has 0 heterocycles. The SMILES string of the molecule is COc1cc(OC)cc(OCC(=O)Nc2cc(C)c(Cl)cc2OC)c1. The fourth-order valence-corrected chi connectivity index (χ4v) is 2.28. The molecular formula is C18H20ClNO5. The molecule has 0 aromatic heterocycles. The lowest BCUT2D eigenvalue weighted by molar-refractivity contribution is -0.118. The van der Waals surface area contributed by atoms with E-state index in [1.165, 1.54) is 7.11 Å². The van der Waals surface area contributed by atoms with Crippen LogP contribution in [0, 0.1) is 6.92 Å². The van der Waals surface area contributed by atoms with Crippen LogP contribution in [-0.4, -0.2) is 33.8 Å². The lowest BCUT2D eigenvalue weighted by Crippen LogP contribution is -2.20. The molecule has 6 nitrogen and oxygen atoms in total. The molecule has 0 saturated heterocycles. The summed E-state index contributed by atoms with van der Waals surface area (Å²) in [6.45, 7) is 1.66. The maximum absolute atomic E-state index is 12.2. The predicted molar refractivity (Wildman–Crippen MR) is 96.4 cm³/mol.